The van der Waals surface area contributed by atoms with Crippen LogP contribution in [0.3, 0.4) is 0 Å². The Morgan fingerprint density at radius 2 is 2.06 bits per heavy atom. The first-order chi connectivity index (χ1) is 7.69. The van der Waals surface area contributed by atoms with Crippen molar-refractivity contribution in [3.8, 4) is 10.4 Å². The number of halogens is 1. The molecule has 0 aliphatic carbocycles. The summed E-state index contributed by atoms with van der Waals surface area (Å²) in [4.78, 5) is 2.70. The Labute approximate surface area is 109 Å². The van der Waals surface area contributed by atoms with Crippen LogP contribution >= 0.6 is 27.3 Å². The second kappa shape index (κ2) is 5.13. The van der Waals surface area contributed by atoms with E-state index in [-0.39, 0.29) is 0 Å². The molecule has 2 aromatic rings. The molecule has 0 bridgehead atoms. The summed E-state index contributed by atoms with van der Waals surface area (Å²) >= 11 is 5.38. The molecule has 84 valence electrons. The highest BCUT2D eigenvalue weighted by molar-refractivity contribution is 9.10. The summed E-state index contributed by atoms with van der Waals surface area (Å²) in [6, 6.07) is 10.9. The predicted octanol–water partition coefficient (Wildman–Crippen LogP) is 4.21. The number of benzene rings is 1. The van der Waals surface area contributed by atoms with Crippen molar-refractivity contribution in [3.05, 3.63) is 45.2 Å². The minimum atomic E-state index is 0.942. The zero-order chi connectivity index (χ0) is 11.5. The third-order valence-corrected chi connectivity index (χ3v) is 3.93. The van der Waals surface area contributed by atoms with Gasteiger partial charge >= 0.3 is 0 Å². The van der Waals surface area contributed by atoms with Crippen LogP contribution in [0.25, 0.3) is 10.4 Å². The Morgan fingerprint density at radius 3 is 2.75 bits per heavy atom. The monoisotopic (exact) mass is 295 g/mol. The van der Waals surface area contributed by atoms with E-state index in [1.807, 2.05) is 18.4 Å². The average Bonchev–Trinajstić information content (AvgIpc) is 2.65. The smallest absolute Gasteiger partial charge is 0.0346 e. The topological polar surface area (TPSA) is 12.0 Å². The van der Waals surface area contributed by atoms with E-state index in [1.165, 1.54) is 20.9 Å². The van der Waals surface area contributed by atoms with Gasteiger partial charge in [-0.25, -0.2) is 0 Å². The minimum Gasteiger partial charge on any atom is -0.315 e. The zero-order valence-electron chi connectivity index (χ0n) is 9.38. The molecule has 0 unspecified atom stereocenters. The maximum atomic E-state index is 3.54. The fraction of sp³-hybridized carbons (Fsp3) is 0.231. The van der Waals surface area contributed by atoms with E-state index < -0.39 is 0 Å². The van der Waals surface area contributed by atoms with E-state index in [9.17, 15) is 0 Å². The van der Waals surface area contributed by atoms with Gasteiger partial charge in [0, 0.05) is 20.8 Å². The highest BCUT2D eigenvalue weighted by Crippen LogP contribution is 2.30. The van der Waals surface area contributed by atoms with Crippen molar-refractivity contribution in [1.29, 1.82) is 0 Å². The van der Waals surface area contributed by atoms with Gasteiger partial charge in [-0.1, -0.05) is 22.0 Å². The second-order valence-electron chi connectivity index (χ2n) is 3.81. The molecule has 2 rings (SSSR count). The highest BCUT2D eigenvalue weighted by atomic mass is 79.9. The summed E-state index contributed by atoms with van der Waals surface area (Å²) in [7, 11) is 1.97. The van der Waals surface area contributed by atoms with Gasteiger partial charge in [0.15, 0.2) is 0 Å². The maximum Gasteiger partial charge on any atom is 0.0346 e. The second-order valence-corrected chi connectivity index (χ2v) is 5.90. The predicted molar refractivity (Wildman–Crippen MR) is 75.0 cm³/mol. The van der Waals surface area contributed by atoms with Crippen LogP contribution < -0.4 is 5.32 Å². The van der Waals surface area contributed by atoms with Gasteiger partial charge in [0.25, 0.3) is 0 Å². The number of hydrogen-bond donors (Lipinski definition) is 1. The fourth-order valence-corrected chi connectivity index (χ4v) is 3.30. The maximum absolute atomic E-state index is 3.54. The average molecular weight is 296 g/mol. The van der Waals surface area contributed by atoms with Crippen LogP contribution in [0.4, 0.5) is 0 Å². The van der Waals surface area contributed by atoms with E-state index in [0.29, 0.717) is 0 Å². The van der Waals surface area contributed by atoms with Gasteiger partial charge < -0.3 is 5.32 Å². The van der Waals surface area contributed by atoms with Gasteiger partial charge in [-0.05, 0) is 49.4 Å². The van der Waals surface area contributed by atoms with Crippen LogP contribution in [-0.2, 0) is 6.54 Å². The van der Waals surface area contributed by atoms with Crippen LogP contribution in [0.15, 0.2) is 34.8 Å². The molecule has 3 heteroatoms. The zero-order valence-corrected chi connectivity index (χ0v) is 11.8. The third-order valence-electron chi connectivity index (χ3n) is 2.34. The fourth-order valence-electron chi connectivity index (χ4n) is 1.68. The molecule has 16 heavy (non-hydrogen) atoms. The van der Waals surface area contributed by atoms with Crippen molar-refractivity contribution in [3.63, 3.8) is 0 Å². The summed E-state index contributed by atoms with van der Waals surface area (Å²) in [6.45, 7) is 3.06. The Bertz CT molecular complexity index is 470. The van der Waals surface area contributed by atoms with Crippen molar-refractivity contribution in [2.24, 2.45) is 0 Å². The normalized spacial score (nSPS) is 10.7. The minimum absolute atomic E-state index is 0.942. The molecule has 0 spiro atoms. The quantitative estimate of drug-likeness (QED) is 0.895. The van der Waals surface area contributed by atoms with Gasteiger partial charge in [-0.3, -0.25) is 0 Å². The van der Waals surface area contributed by atoms with Crippen LogP contribution in [-0.4, -0.2) is 7.05 Å². The van der Waals surface area contributed by atoms with Gasteiger partial charge in [0.05, 0.1) is 0 Å². The van der Waals surface area contributed by atoms with Crippen LogP contribution in [0.2, 0.25) is 0 Å². The lowest BCUT2D eigenvalue weighted by Gasteiger charge is -2.01. The SMILES string of the molecule is CNCc1ccc(-c2cc(C)cc(Br)c2)s1. The molecule has 1 N–H and O–H groups in total. The molecule has 0 saturated carbocycles. The first kappa shape index (κ1) is 11.8. The molecule has 1 aromatic carbocycles. The first-order valence-corrected chi connectivity index (χ1v) is 6.81. The van der Waals surface area contributed by atoms with Crippen LogP contribution in [0, 0.1) is 6.92 Å². The summed E-state index contributed by atoms with van der Waals surface area (Å²) in [6.07, 6.45) is 0. The van der Waals surface area contributed by atoms with Gasteiger partial charge in [-0.15, -0.1) is 11.3 Å². The van der Waals surface area contributed by atoms with Crippen LogP contribution in [0.5, 0.6) is 0 Å². The largest absolute Gasteiger partial charge is 0.315 e. The van der Waals surface area contributed by atoms with Crippen molar-refractivity contribution in [1.82, 2.24) is 5.32 Å². The molecule has 1 heterocycles. The molecule has 0 aliphatic rings. The molecule has 0 radical (unpaired) electrons. The molecule has 1 aromatic heterocycles. The number of nitrogens with one attached hydrogen (secondary N) is 1. The Morgan fingerprint density at radius 1 is 1.25 bits per heavy atom. The van der Waals surface area contributed by atoms with Gasteiger partial charge in [0.1, 0.15) is 0 Å². The number of hydrogen-bond acceptors (Lipinski definition) is 2. The number of rotatable bonds is 3. The molecular weight excluding hydrogens is 282 g/mol. The van der Waals surface area contributed by atoms with E-state index >= 15 is 0 Å². The summed E-state index contributed by atoms with van der Waals surface area (Å²) in [5, 5.41) is 3.17. The van der Waals surface area contributed by atoms with Gasteiger partial charge in [0.2, 0.25) is 0 Å². The summed E-state index contributed by atoms with van der Waals surface area (Å²) < 4.78 is 1.14. The molecule has 1 nitrogen and oxygen atoms in total. The molecular formula is C13H14BrNS. The summed E-state index contributed by atoms with van der Waals surface area (Å²) in [5.74, 6) is 0. The lowest BCUT2D eigenvalue weighted by atomic mass is 10.1. The lowest BCUT2D eigenvalue weighted by molar-refractivity contribution is 0.831. The summed E-state index contributed by atoms with van der Waals surface area (Å²) in [5.41, 5.74) is 2.58. The van der Waals surface area contributed by atoms with Crippen LogP contribution in [0.1, 0.15) is 10.4 Å². The van der Waals surface area contributed by atoms with E-state index in [2.05, 4.69) is 58.5 Å². The van der Waals surface area contributed by atoms with E-state index in [0.717, 1.165) is 11.0 Å². The van der Waals surface area contributed by atoms with E-state index in [1.54, 1.807) is 0 Å². The number of thiophene rings is 1. The molecule has 0 amide bonds. The van der Waals surface area contributed by atoms with Gasteiger partial charge in [-0.2, -0.15) is 0 Å². The number of aryl methyl sites for hydroxylation is 1. The Kier molecular flexibility index (Phi) is 3.79. The standard InChI is InChI=1S/C13H14BrNS/c1-9-5-10(7-11(14)6-9)13-4-3-12(16-13)8-15-2/h3-7,15H,8H2,1-2H3. The molecule has 0 saturated heterocycles. The highest BCUT2D eigenvalue weighted by Gasteiger charge is 2.03. The molecule has 0 atom stereocenters. The Hall–Kier alpha value is -0.640. The molecule has 0 fully saturated rings. The van der Waals surface area contributed by atoms with Crippen molar-refractivity contribution in [2.75, 3.05) is 7.05 Å². The van der Waals surface area contributed by atoms with Crippen molar-refractivity contribution >= 4 is 27.3 Å². The Balaban J connectivity index is 2.34. The van der Waals surface area contributed by atoms with Crippen molar-refractivity contribution < 1.29 is 0 Å². The third kappa shape index (κ3) is 2.73. The molecule has 0 aliphatic heterocycles. The first-order valence-electron chi connectivity index (χ1n) is 5.20. The van der Waals surface area contributed by atoms with E-state index in [4.69, 9.17) is 0 Å². The lowest BCUT2D eigenvalue weighted by Crippen LogP contribution is -2.02. The van der Waals surface area contributed by atoms with Crippen molar-refractivity contribution in [2.45, 2.75) is 13.5 Å².